The van der Waals surface area contributed by atoms with Crippen LogP contribution in [0.3, 0.4) is 0 Å². The van der Waals surface area contributed by atoms with Gasteiger partial charge in [-0.25, -0.2) is 9.48 Å². The highest BCUT2D eigenvalue weighted by molar-refractivity contribution is 6.30. The van der Waals surface area contributed by atoms with E-state index in [2.05, 4.69) is 10.4 Å². The zero-order valence-electron chi connectivity index (χ0n) is 14.4. The predicted molar refractivity (Wildman–Crippen MR) is 99.5 cm³/mol. The maximum atomic E-state index is 12.8. The lowest BCUT2D eigenvalue weighted by molar-refractivity contribution is 0.103. The van der Waals surface area contributed by atoms with Gasteiger partial charge in [0.1, 0.15) is 18.2 Å². The number of methoxy groups -OCH3 is 1. The zero-order valence-corrected chi connectivity index (χ0v) is 15.1. The maximum absolute atomic E-state index is 12.8. The van der Waals surface area contributed by atoms with Crippen LogP contribution in [0.2, 0.25) is 5.02 Å². The number of rotatable bonds is 6. The number of nitrogens with one attached hydrogen (secondary N) is 1. The first-order chi connectivity index (χ1) is 13.1. The van der Waals surface area contributed by atoms with E-state index in [1.54, 1.807) is 59.4 Å². The molecule has 0 saturated heterocycles. The molecular formula is C19H16ClN3O4. The van der Waals surface area contributed by atoms with Gasteiger partial charge in [0.25, 0.3) is 0 Å². The third kappa shape index (κ3) is 4.52. The number of benzene rings is 2. The van der Waals surface area contributed by atoms with Gasteiger partial charge in [0.05, 0.1) is 11.3 Å². The number of ether oxygens (including phenoxy) is 2. The summed E-state index contributed by atoms with van der Waals surface area (Å²) in [5, 5.41) is 7.31. The van der Waals surface area contributed by atoms with Gasteiger partial charge >= 0.3 is 6.09 Å². The van der Waals surface area contributed by atoms with Crippen molar-refractivity contribution in [1.82, 2.24) is 15.1 Å². The van der Waals surface area contributed by atoms with E-state index in [-0.39, 0.29) is 29.5 Å². The topological polar surface area (TPSA) is 82.5 Å². The van der Waals surface area contributed by atoms with Crippen molar-refractivity contribution >= 4 is 23.5 Å². The quantitative estimate of drug-likeness (QED) is 0.519. The van der Waals surface area contributed by atoms with Gasteiger partial charge in [0.2, 0.25) is 5.78 Å². The van der Waals surface area contributed by atoms with E-state index in [0.29, 0.717) is 5.02 Å². The second-order valence-electron chi connectivity index (χ2n) is 5.45. The van der Waals surface area contributed by atoms with Crippen LogP contribution in [0.1, 0.15) is 16.1 Å². The van der Waals surface area contributed by atoms with E-state index in [0.717, 1.165) is 5.69 Å². The number of para-hydroxylation sites is 1. The van der Waals surface area contributed by atoms with Crippen LogP contribution in [-0.4, -0.2) is 35.5 Å². The third-order valence-corrected chi connectivity index (χ3v) is 3.86. The molecule has 1 N–H and O–H groups in total. The lowest BCUT2D eigenvalue weighted by atomic mass is 10.1. The van der Waals surface area contributed by atoms with Gasteiger partial charge in [0, 0.05) is 18.3 Å². The molecule has 8 heteroatoms. The Morgan fingerprint density at radius 3 is 2.59 bits per heavy atom. The summed E-state index contributed by atoms with van der Waals surface area (Å²) in [5.74, 6) is -0.227. The Morgan fingerprint density at radius 1 is 1.11 bits per heavy atom. The van der Waals surface area contributed by atoms with Crippen molar-refractivity contribution in [2.45, 2.75) is 0 Å². The van der Waals surface area contributed by atoms with Crippen LogP contribution in [0.5, 0.6) is 5.75 Å². The Hall–Kier alpha value is -3.16. The Labute approximate surface area is 160 Å². The number of hydrogen-bond donors (Lipinski definition) is 1. The van der Waals surface area contributed by atoms with Crippen LogP contribution in [0.25, 0.3) is 5.69 Å². The summed E-state index contributed by atoms with van der Waals surface area (Å²) in [6.45, 7) is 0.000441. The fourth-order valence-electron chi connectivity index (χ4n) is 2.33. The molecule has 0 radical (unpaired) electrons. The molecule has 0 unspecified atom stereocenters. The molecule has 1 heterocycles. The highest BCUT2D eigenvalue weighted by Gasteiger charge is 2.19. The molecule has 0 atom stereocenters. The highest BCUT2D eigenvalue weighted by atomic mass is 35.5. The fraction of sp³-hybridized carbons (Fsp3) is 0.105. The number of carbonyl (C=O) groups excluding carboxylic acids is 2. The summed E-state index contributed by atoms with van der Waals surface area (Å²) in [6, 6.07) is 15.1. The van der Waals surface area contributed by atoms with Gasteiger partial charge in [-0.3, -0.25) is 10.1 Å². The molecule has 0 aliphatic rings. The molecular weight excluding hydrogens is 370 g/mol. The summed E-state index contributed by atoms with van der Waals surface area (Å²) in [6.07, 6.45) is 0.953. The molecule has 0 aliphatic carbocycles. The number of halogens is 1. The Morgan fingerprint density at radius 2 is 1.85 bits per heavy atom. The zero-order chi connectivity index (χ0) is 19.2. The maximum Gasteiger partial charge on any atom is 0.414 e. The van der Waals surface area contributed by atoms with E-state index in [1.807, 2.05) is 0 Å². The number of amides is 1. The minimum atomic E-state index is -0.719. The summed E-state index contributed by atoms with van der Waals surface area (Å²) in [5.41, 5.74) is 1.21. The van der Waals surface area contributed by atoms with Crippen LogP contribution < -0.4 is 10.1 Å². The van der Waals surface area contributed by atoms with Crippen LogP contribution >= 0.6 is 11.6 Å². The minimum absolute atomic E-state index is 0.000441. The minimum Gasteiger partial charge on any atom is -0.410 e. The second kappa shape index (κ2) is 8.48. The van der Waals surface area contributed by atoms with E-state index in [9.17, 15) is 9.59 Å². The molecule has 1 amide bonds. The first-order valence-corrected chi connectivity index (χ1v) is 8.36. The summed E-state index contributed by atoms with van der Waals surface area (Å²) in [4.78, 5) is 24.6. The van der Waals surface area contributed by atoms with Gasteiger partial charge in [-0.1, -0.05) is 23.7 Å². The SMILES string of the molecule is COCNC(=O)Oc1ccccc1C(=O)c1ccn(-c2ccc(Cl)cc2)n1. The number of hydrogen-bond acceptors (Lipinski definition) is 5. The highest BCUT2D eigenvalue weighted by Crippen LogP contribution is 2.22. The van der Waals surface area contributed by atoms with Crippen LogP contribution in [0, 0.1) is 0 Å². The van der Waals surface area contributed by atoms with Crippen LogP contribution in [0.4, 0.5) is 4.79 Å². The molecule has 3 aromatic rings. The van der Waals surface area contributed by atoms with Crippen molar-refractivity contribution in [2.75, 3.05) is 13.8 Å². The molecule has 138 valence electrons. The van der Waals surface area contributed by atoms with Gasteiger partial charge in [0.15, 0.2) is 0 Å². The molecule has 0 spiro atoms. The van der Waals surface area contributed by atoms with Gasteiger partial charge in [-0.2, -0.15) is 5.10 Å². The average Bonchev–Trinajstić information content (AvgIpc) is 3.17. The smallest absolute Gasteiger partial charge is 0.410 e. The Bertz CT molecular complexity index is 954. The van der Waals surface area contributed by atoms with Crippen LogP contribution in [0.15, 0.2) is 60.8 Å². The molecule has 0 saturated carbocycles. The molecule has 7 nitrogen and oxygen atoms in total. The van der Waals surface area contributed by atoms with E-state index in [4.69, 9.17) is 21.1 Å². The Balaban J connectivity index is 1.82. The molecule has 0 aliphatic heterocycles. The van der Waals surface area contributed by atoms with E-state index >= 15 is 0 Å². The Kier molecular flexibility index (Phi) is 5.85. The van der Waals surface area contributed by atoms with Crippen LogP contribution in [-0.2, 0) is 4.74 Å². The summed E-state index contributed by atoms with van der Waals surface area (Å²) in [7, 11) is 1.44. The third-order valence-electron chi connectivity index (χ3n) is 3.61. The molecule has 27 heavy (non-hydrogen) atoms. The number of ketones is 1. The standard InChI is InChI=1S/C19H16ClN3O4/c1-26-12-21-19(25)27-17-5-3-2-4-15(17)18(24)16-10-11-23(22-16)14-8-6-13(20)7-9-14/h2-11H,12H2,1H3,(H,21,25). The summed E-state index contributed by atoms with van der Waals surface area (Å²) >= 11 is 5.89. The van der Waals surface area contributed by atoms with Gasteiger partial charge in [-0.05, 0) is 42.5 Å². The van der Waals surface area contributed by atoms with Crippen molar-refractivity contribution in [3.63, 3.8) is 0 Å². The normalized spacial score (nSPS) is 10.4. The molecule has 2 aromatic carbocycles. The first kappa shape index (κ1) is 18.6. The largest absolute Gasteiger partial charge is 0.414 e. The monoisotopic (exact) mass is 385 g/mol. The number of nitrogens with zero attached hydrogens (tertiary/aromatic N) is 2. The molecule has 0 bridgehead atoms. The van der Waals surface area contributed by atoms with Gasteiger partial charge in [-0.15, -0.1) is 0 Å². The molecule has 1 aromatic heterocycles. The second-order valence-corrected chi connectivity index (χ2v) is 5.88. The van der Waals surface area contributed by atoms with Crippen molar-refractivity contribution in [2.24, 2.45) is 0 Å². The van der Waals surface area contributed by atoms with Crippen molar-refractivity contribution < 1.29 is 19.1 Å². The first-order valence-electron chi connectivity index (χ1n) is 7.98. The number of aromatic nitrogens is 2. The van der Waals surface area contributed by atoms with E-state index in [1.165, 1.54) is 13.2 Å². The van der Waals surface area contributed by atoms with Gasteiger partial charge < -0.3 is 9.47 Å². The van der Waals surface area contributed by atoms with Crippen molar-refractivity contribution in [1.29, 1.82) is 0 Å². The summed E-state index contributed by atoms with van der Waals surface area (Å²) < 4.78 is 11.5. The van der Waals surface area contributed by atoms with Crippen molar-refractivity contribution in [3.8, 4) is 11.4 Å². The lowest BCUT2D eigenvalue weighted by Gasteiger charge is -2.09. The molecule has 0 fully saturated rings. The fourth-order valence-corrected chi connectivity index (χ4v) is 2.46. The van der Waals surface area contributed by atoms with Crippen molar-refractivity contribution in [3.05, 3.63) is 77.1 Å². The molecule has 3 rings (SSSR count). The van der Waals surface area contributed by atoms with E-state index < -0.39 is 6.09 Å². The predicted octanol–water partition coefficient (Wildman–Crippen LogP) is 3.45. The lowest BCUT2D eigenvalue weighted by Crippen LogP contribution is -2.29. The average molecular weight is 386 g/mol. The number of carbonyl (C=O) groups is 2.